The second-order valence-electron chi connectivity index (χ2n) is 4.88. The van der Waals surface area contributed by atoms with Crippen molar-refractivity contribution >= 4 is 5.91 Å². The van der Waals surface area contributed by atoms with Gasteiger partial charge in [0.1, 0.15) is 12.0 Å². The molecule has 0 aromatic carbocycles. The van der Waals surface area contributed by atoms with E-state index < -0.39 is 5.91 Å². The molecule has 0 radical (unpaired) electrons. The quantitative estimate of drug-likeness (QED) is 0.800. The molecule has 0 fully saturated rings. The molecular formula is C16H14N4O2. The Morgan fingerprint density at radius 1 is 1.18 bits per heavy atom. The molecule has 3 aromatic heterocycles. The fraction of sp³-hybridized carbons (Fsp3) is 0.125. The lowest BCUT2D eigenvalue weighted by Crippen LogP contribution is -2.17. The largest absolute Gasteiger partial charge is 0.443 e. The molecule has 1 amide bonds. The normalized spacial score (nSPS) is 10.6. The van der Waals surface area contributed by atoms with Crippen LogP contribution in [0, 0.1) is 13.8 Å². The van der Waals surface area contributed by atoms with Gasteiger partial charge in [0.2, 0.25) is 11.8 Å². The van der Waals surface area contributed by atoms with E-state index in [1.54, 1.807) is 19.3 Å². The number of carbonyl (C=O) groups is 1. The third-order valence-electron chi connectivity index (χ3n) is 3.50. The maximum atomic E-state index is 11.9. The van der Waals surface area contributed by atoms with Crippen LogP contribution in [0.2, 0.25) is 0 Å². The number of nitrogens with zero attached hydrogens (tertiary/aromatic N) is 3. The summed E-state index contributed by atoms with van der Waals surface area (Å²) >= 11 is 0. The molecule has 0 bridgehead atoms. The molecule has 0 aliphatic rings. The predicted molar refractivity (Wildman–Crippen MR) is 81.0 cm³/mol. The highest BCUT2D eigenvalue weighted by Gasteiger charge is 2.21. The minimum absolute atomic E-state index is 0.352. The number of pyridine rings is 2. The molecule has 0 unspecified atom stereocenters. The first-order chi connectivity index (χ1) is 10.6. The van der Waals surface area contributed by atoms with Gasteiger partial charge in [-0.2, -0.15) is 0 Å². The van der Waals surface area contributed by atoms with Gasteiger partial charge in [-0.05, 0) is 37.1 Å². The second kappa shape index (κ2) is 5.40. The number of amides is 1. The molecule has 6 nitrogen and oxygen atoms in total. The summed E-state index contributed by atoms with van der Waals surface area (Å²) in [6.07, 6.45) is 6.36. The van der Waals surface area contributed by atoms with Crippen molar-refractivity contribution in [2.75, 3.05) is 0 Å². The van der Waals surface area contributed by atoms with Crippen molar-refractivity contribution in [2.24, 2.45) is 5.73 Å². The number of hydrogen-bond acceptors (Lipinski definition) is 5. The van der Waals surface area contributed by atoms with Gasteiger partial charge in [-0.25, -0.2) is 9.97 Å². The summed E-state index contributed by atoms with van der Waals surface area (Å²) in [6.45, 7) is 3.61. The van der Waals surface area contributed by atoms with E-state index in [1.165, 1.54) is 12.5 Å². The summed E-state index contributed by atoms with van der Waals surface area (Å²) in [5.74, 6) is -0.152. The van der Waals surface area contributed by atoms with Crippen molar-refractivity contribution in [1.82, 2.24) is 15.0 Å². The minimum atomic E-state index is -0.504. The van der Waals surface area contributed by atoms with Crippen LogP contribution in [0.15, 0.2) is 41.4 Å². The number of rotatable bonds is 3. The molecule has 22 heavy (non-hydrogen) atoms. The molecule has 2 N–H and O–H groups in total. The zero-order valence-electron chi connectivity index (χ0n) is 12.2. The van der Waals surface area contributed by atoms with Gasteiger partial charge in [-0.3, -0.25) is 9.78 Å². The van der Waals surface area contributed by atoms with Gasteiger partial charge in [0.15, 0.2) is 0 Å². The zero-order valence-corrected chi connectivity index (χ0v) is 12.2. The van der Waals surface area contributed by atoms with Gasteiger partial charge < -0.3 is 10.2 Å². The topological polar surface area (TPSA) is 94.9 Å². The number of primary amides is 1. The van der Waals surface area contributed by atoms with Gasteiger partial charge in [0.25, 0.3) is 0 Å². The van der Waals surface area contributed by atoms with E-state index >= 15 is 0 Å². The smallest absolute Gasteiger partial charge is 0.249 e. The number of carbonyl (C=O) groups excluding carboxylic acids is 1. The van der Waals surface area contributed by atoms with Crippen molar-refractivity contribution in [3.63, 3.8) is 0 Å². The molecule has 6 heteroatoms. The highest BCUT2D eigenvalue weighted by Crippen LogP contribution is 2.31. The molecule has 3 rings (SSSR count). The SMILES string of the molecule is Cc1c(-c2cccnc2)nc(-c2ncco2)c(C)c1C(N)=O. The Kier molecular flexibility index (Phi) is 3.42. The van der Waals surface area contributed by atoms with Crippen LogP contribution in [0.3, 0.4) is 0 Å². The van der Waals surface area contributed by atoms with Gasteiger partial charge in [-0.1, -0.05) is 0 Å². The van der Waals surface area contributed by atoms with Crippen LogP contribution in [-0.4, -0.2) is 20.9 Å². The first kappa shape index (κ1) is 13.9. The highest BCUT2D eigenvalue weighted by atomic mass is 16.3. The third kappa shape index (κ3) is 2.24. The summed E-state index contributed by atoms with van der Waals surface area (Å²) in [4.78, 5) is 24.7. The first-order valence-electron chi connectivity index (χ1n) is 6.71. The van der Waals surface area contributed by atoms with Crippen LogP contribution < -0.4 is 5.73 Å². The van der Waals surface area contributed by atoms with Crippen molar-refractivity contribution in [3.8, 4) is 22.8 Å². The standard InChI is InChI=1S/C16H14N4O2/c1-9-12(15(17)21)10(2)14(16-19-6-7-22-16)20-13(9)11-4-3-5-18-8-11/h3-8H,1-2H3,(H2,17,21). The Morgan fingerprint density at radius 2 is 1.95 bits per heavy atom. The van der Waals surface area contributed by atoms with E-state index in [-0.39, 0.29) is 0 Å². The second-order valence-corrected chi connectivity index (χ2v) is 4.88. The van der Waals surface area contributed by atoms with E-state index in [0.29, 0.717) is 34.0 Å². The maximum absolute atomic E-state index is 11.9. The average Bonchev–Trinajstić information content (AvgIpc) is 3.02. The van der Waals surface area contributed by atoms with Crippen LogP contribution in [0.1, 0.15) is 21.5 Å². The Balaban J connectivity index is 2.34. The first-order valence-corrected chi connectivity index (χ1v) is 6.71. The highest BCUT2D eigenvalue weighted by molar-refractivity contribution is 5.98. The van der Waals surface area contributed by atoms with Crippen LogP contribution in [-0.2, 0) is 0 Å². The minimum Gasteiger partial charge on any atom is -0.443 e. The molecule has 0 aliphatic carbocycles. The Hall–Kier alpha value is -3.02. The van der Waals surface area contributed by atoms with Crippen molar-refractivity contribution < 1.29 is 9.21 Å². The maximum Gasteiger partial charge on any atom is 0.249 e. The molecule has 0 spiro atoms. The third-order valence-corrected chi connectivity index (χ3v) is 3.50. The molecular weight excluding hydrogens is 280 g/mol. The molecule has 3 aromatic rings. The lowest BCUT2D eigenvalue weighted by atomic mass is 9.96. The van der Waals surface area contributed by atoms with Gasteiger partial charge in [-0.15, -0.1) is 0 Å². The molecule has 110 valence electrons. The fourth-order valence-corrected chi connectivity index (χ4v) is 2.50. The fourth-order valence-electron chi connectivity index (χ4n) is 2.50. The lowest BCUT2D eigenvalue weighted by molar-refractivity contribution is 0.0999. The monoisotopic (exact) mass is 294 g/mol. The van der Waals surface area contributed by atoms with E-state index in [4.69, 9.17) is 10.2 Å². The number of oxazole rings is 1. The molecule has 0 atom stereocenters. The summed E-state index contributed by atoms with van der Waals surface area (Å²) in [5.41, 5.74) is 9.30. The van der Waals surface area contributed by atoms with Gasteiger partial charge >= 0.3 is 0 Å². The Labute approximate surface area is 127 Å². The van der Waals surface area contributed by atoms with Crippen LogP contribution in [0.4, 0.5) is 0 Å². The Morgan fingerprint density at radius 3 is 2.55 bits per heavy atom. The van der Waals surface area contributed by atoms with Crippen LogP contribution in [0.5, 0.6) is 0 Å². The van der Waals surface area contributed by atoms with E-state index in [1.807, 2.05) is 19.1 Å². The summed E-state index contributed by atoms with van der Waals surface area (Å²) in [6, 6.07) is 3.69. The van der Waals surface area contributed by atoms with Crippen LogP contribution >= 0.6 is 0 Å². The van der Waals surface area contributed by atoms with Crippen LogP contribution in [0.25, 0.3) is 22.8 Å². The van der Waals surface area contributed by atoms with E-state index in [0.717, 1.165) is 5.56 Å². The zero-order chi connectivity index (χ0) is 15.7. The summed E-state index contributed by atoms with van der Waals surface area (Å²) in [7, 11) is 0. The molecule has 0 aliphatic heterocycles. The number of nitrogens with two attached hydrogens (primary N) is 1. The van der Waals surface area contributed by atoms with Crippen molar-refractivity contribution in [2.45, 2.75) is 13.8 Å². The van der Waals surface area contributed by atoms with E-state index in [2.05, 4.69) is 15.0 Å². The number of hydrogen-bond donors (Lipinski definition) is 1. The van der Waals surface area contributed by atoms with Gasteiger partial charge in [0, 0.05) is 23.5 Å². The predicted octanol–water partition coefficient (Wildman–Crippen LogP) is 2.51. The lowest BCUT2D eigenvalue weighted by Gasteiger charge is -2.14. The van der Waals surface area contributed by atoms with Crippen molar-refractivity contribution in [3.05, 3.63) is 53.7 Å². The summed E-state index contributed by atoms with van der Waals surface area (Å²) in [5, 5.41) is 0. The Bertz CT molecular complexity index is 827. The average molecular weight is 294 g/mol. The van der Waals surface area contributed by atoms with E-state index in [9.17, 15) is 4.79 Å². The molecule has 0 saturated carbocycles. The van der Waals surface area contributed by atoms with Crippen molar-refractivity contribution in [1.29, 1.82) is 0 Å². The van der Waals surface area contributed by atoms with Gasteiger partial charge in [0.05, 0.1) is 11.9 Å². The number of aromatic nitrogens is 3. The summed E-state index contributed by atoms with van der Waals surface area (Å²) < 4.78 is 5.32. The molecule has 0 saturated heterocycles. The molecule has 3 heterocycles.